The summed E-state index contributed by atoms with van der Waals surface area (Å²) < 4.78 is 1.27. The average molecular weight is 436 g/mol. The Morgan fingerprint density at radius 3 is 2.47 bits per heavy atom. The summed E-state index contributed by atoms with van der Waals surface area (Å²) in [7, 11) is 0. The monoisotopic (exact) mass is 435 g/mol. The summed E-state index contributed by atoms with van der Waals surface area (Å²) in [5, 5.41) is 6.03. The van der Waals surface area contributed by atoms with E-state index in [1.54, 1.807) is 24.3 Å². The van der Waals surface area contributed by atoms with Crippen LogP contribution >= 0.6 is 0 Å². The lowest BCUT2D eigenvalue weighted by atomic mass is 10.2. The number of benzene rings is 2. The van der Waals surface area contributed by atoms with Crippen LogP contribution in [-0.2, 0) is 16.1 Å². The topological polar surface area (TPSA) is 96.3 Å². The molecule has 2 aromatic carbocycles. The van der Waals surface area contributed by atoms with Gasteiger partial charge in [-0.1, -0.05) is 30.3 Å². The molecule has 0 aliphatic heterocycles. The maximum Gasteiger partial charge on any atom is 0.261 e. The molecule has 1 heterocycles. The molecular weight excluding hydrogens is 406 g/mol. The number of para-hydroxylation sites is 2. The van der Waals surface area contributed by atoms with Gasteiger partial charge >= 0.3 is 0 Å². The lowest BCUT2D eigenvalue weighted by molar-refractivity contribution is -0.122. The van der Waals surface area contributed by atoms with E-state index in [-0.39, 0.29) is 36.9 Å². The molecule has 0 bridgehead atoms. The molecule has 3 rings (SSSR count). The fourth-order valence-corrected chi connectivity index (χ4v) is 3.44. The van der Waals surface area contributed by atoms with Gasteiger partial charge < -0.3 is 15.5 Å². The summed E-state index contributed by atoms with van der Waals surface area (Å²) in [6.07, 6.45) is 2.39. The maximum absolute atomic E-state index is 12.4. The normalized spacial score (nSPS) is 10.7. The van der Waals surface area contributed by atoms with Crippen LogP contribution in [0, 0.1) is 0 Å². The van der Waals surface area contributed by atoms with Gasteiger partial charge in [0, 0.05) is 38.3 Å². The standard InChI is InChI=1S/C24H29N5O3/c1-2-28(19-9-4-3-5-10-19)16-8-14-25-22(30)13-15-26-23(31)17-29-18-27-21-12-7-6-11-20(21)24(29)32/h3-7,9-12,18H,2,8,13-17H2,1H3,(H,25,30)(H,26,31). The highest BCUT2D eigenvalue weighted by Gasteiger charge is 2.09. The molecule has 0 unspecified atom stereocenters. The fourth-order valence-electron chi connectivity index (χ4n) is 3.44. The Balaban J connectivity index is 1.34. The van der Waals surface area contributed by atoms with E-state index in [0.29, 0.717) is 17.4 Å². The van der Waals surface area contributed by atoms with Crippen LogP contribution in [0.5, 0.6) is 0 Å². The first kappa shape index (κ1) is 23.0. The lowest BCUT2D eigenvalue weighted by Crippen LogP contribution is -2.35. The molecule has 0 atom stereocenters. The molecule has 8 nitrogen and oxygen atoms in total. The molecular formula is C24H29N5O3. The van der Waals surface area contributed by atoms with Gasteiger partial charge in [-0.15, -0.1) is 0 Å². The number of rotatable bonds is 11. The summed E-state index contributed by atoms with van der Waals surface area (Å²) >= 11 is 0. The highest BCUT2D eigenvalue weighted by molar-refractivity contribution is 5.80. The van der Waals surface area contributed by atoms with Crippen molar-refractivity contribution in [3.05, 3.63) is 71.3 Å². The van der Waals surface area contributed by atoms with Crippen molar-refractivity contribution >= 4 is 28.4 Å². The van der Waals surface area contributed by atoms with Crippen LogP contribution in [0.25, 0.3) is 10.9 Å². The second-order valence-electron chi connectivity index (χ2n) is 7.41. The van der Waals surface area contributed by atoms with E-state index in [1.807, 2.05) is 18.2 Å². The van der Waals surface area contributed by atoms with Gasteiger partial charge in [0.1, 0.15) is 6.54 Å². The van der Waals surface area contributed by atoms with Gasteiger partial charge in [-0.2, -0.15) is 0 Å². The highest BCUT2D eigenvalue weighted by atomic mass is 16.2. The molecule has 1 aromatic heterocycles. The number of anilines is 1. The van der Waals surface area contributed by atoms with Gasteiger partial charge in [-0.05, 0) is 37.6 Å². The SMILES string of the molecule is CCN(CCCNC(=O)CCNC(=O)Cn1cnc2ccccc2c1=O)c1ccccc1. The average Bonchev–Trinajstić information content (AvgIpc) is 2.82. The first-order chi connectivity index (χ1) is 15.6. The summed E-state index contributed by atoms with van der Waals surface area (Å²) in [5.41, 5.74) is 1.50. The molecule has 168 valence electrons. The maximum atomic E-state index is 12.4. The summed E-state index contributed by atoms with van der Waals surface area (Å²) in [5.74, 6) is -0.448. The number of nitrogens with one attached hydrogen (secondary N) is 2. The number of carbonyl (C=O) groups excluding carboxylic acids is 2. The number of aromatic nitrogens is 2. The van der Waals surface area contributed by atoms with Crippen molar-refractivity contribution in [2.75, 3.05) is 31.1 Å². The molecule has 0 saturated heterocycles. The Bertz CT molecular complexity index is 1100. The van der Waals surface area contributed by atoms with E-state index in [1.165, 1.54) is 16.6 Å². The molecule has 0 saturated carbocycles. The van der Waals surface area contributed by atoms with Crippen LogP contribution in [0.1, 0.15) is 19.8 Å². The van der Waals surface area contributed by atoms with Gasteiger partial charge in [0.05, 0.1) is 17.2 Å². The largest absolute Gasteiger partial charge is 0.372 e. The predicted octanol–water partition coefficient (Wildman–Crippen LogP) is 1.94. The molecule has 2 N–H and O–H groups in total. The number of hydrogen-bond acceptors (Lipinski definition) is 5. The van der Waals surface area contributed by atoms with E-state index in [2.05, 4.69) is 39.6 Å². The molecule has 0 fully saturated rings. The number of amides is 2. The molecule has 0 radical (unpaired) electrons. The van der Waals surface area contributed by atoms with Gasteiger partial charge in [0.2, 0.25) is 11.8 Å². The van der Waals surface area contributed by atoms with E-state index >= 15 is 0 Å². The zero-order chi connectivity index (χ0) is 22.8. The third-order valence-electron chi connectivity index (χ3n) is 5.15. The Kier molecular flexibility index (Phi) is 8.36. The second-order valence-corrected chi connectivity index (χ2v) is 7.41. The molecule has 3 aromatic rings. The van der Waals surface area contributed by atoms with Crippen molar-refractivity contribution in [2.45, 2.75) is 26.3 Å². The number of fused-ring (bicyclic) bond motifs is 1. The molecule has 8 heteroatoms. The number of nitrogens with zero attached hydrogens (tertiary/aromatic N) is 3. The minimum absolute atomic E-state index is 0.113. The van der Waals surface area contributed by atoms with E-state index < -0.39 is 0 Å². The van der Waals surface area contributed by atoms with Crippen LogP contribution in [0.4, 0.5) is 5.69 Å². The number of hydrogen-bond donors (Lipinski definition) is 2. The van der Waals surface area contributed by atoms with Crippen LogP contribution in [0.3, 0.4) is 0 Å². The molecule has 2 amide bonds. The Morgan fingerprint density at radius 2 is 1.69 bits per heavy atom. The second kappa shape index (κ2) is 11.6. The predicted molar refractivity (Wildman–Crippen MR) is 126 cm³/mol. The fraction of sp³-hybridized carbons (Fsp3) is 0.333. The van der Waals surface area contributed by atoms with Crippen molar-refractivity contribution in [1.82, 2.24) is 20.2 Å². The van der Waals surface area contributed by atoms with Gasteiger partial charge in [0.15, 0.2) is 0 Å². The van der Waals surface area contributed by atoms with Gasteiger partial charge in [-0.3, -0.25) is 19.0 Å². The van der Waals surface area contributed by atoms with Crippen LogP contribution < -0.4 is 21.1 Å². The summed E-state index contributed by atoms with van der Waals surface area (Å²) in [6, 6.07) is 17.2. The van der Waals surface area contributed by atoms with Crippen molar-refractivity contribution in [2.24, 2.45) is 0 Å². The molecule has 0 aliphatic carbocycles. The highest BCUT2D eigenvalue weighted by Crippen LogP contribution is 2.12. The van der Waals surface area contributed by atoms with E-state index in [0.717, 1.165) is 19.5 Å². The Morgan fingerprint density at radius 1 is 0.969 bits per heavy atom. The van der Waals surface area contributed by atoms with E-state index in [4.69, 9.17) is 0 Å². The van der Waals surface area contributed by atoms with Crippen molar-refractivity contribution in [1.29, 1.82) is 0 Å². The van der Waals surface area contributed by atoms with Crippen LogP contribution in [0.2, 0.25) is 0 Å². The van der Waals surface area contributed by atoms with Crippen LogP contribution in [0.15, 0.2) is 65.7 Å². The van der Waals surface area contributed by atoms with Crippen LogP contribution in [-0.4, -0.2) is 47.5 Å². The number of carbonyl (C=O) groups is 2. The lowest BCUT2D eigenvalue weighted by Gasteiger charge is -2.23. The van der Waals surface area contributed by atoms with Gasteiger partial charge in [0.25, 0.3) is 5.56 Å². The molecule has 0 aliphatic rings. The van der Waals surface area contributed by atoms with Crippen molar-refractivity contribution in [3.63, 3.8) is 0 Å². The van der Waals surface area contributed by atoms with Crippen molar-refractivity contribution < 1.29 is 9.59 Å². The zero-order valence-corrected chi connectivity index (χ0v) is 18.3. The molecule has 0 spiro atoms. The smallest absolute Gasteiger partial charge is 0.261 e. The minimum atomic E-state index is -0.335. The first-order valence-electron chi connectivity index (χ1n) is 10.9. The van der Waals surface area contributed by atoms with Crippen molar-refractivity contribution in [3.8, 4) is 0 Å². The Labute approximate surface area is 187 Å². The zero-order valence-electron chi connectivity index (χ0n) is 18.3. The first-order valence-corrected chi connectivity index (χ1v) is 10.9. The minimum Gasteiger partial charge on any atom is -0.372 e. The van der Waals surface area contributed by atoms with Gasteiger partial charge in [-0.25, -0.2) is 4.98 Å². The molecule has 32 heavy (non-hydrogen) atoms. The van der Waals surface area contributed by atoms with E-state index in [9.17, 15) is 14.4 Å². The third kappa shape index (κ3) is 6.41. The summed E-state index contributed by atoms with van der Waals surface area (Å²) in [4.78, 5) is 43.1. The summed E-state index contributed by atoms with van der Waals surface area (Å²) in [6.45, 7) is 4.52. The Hall–Kier alpha value is -3.68. The third-order valence-corrected chi connectivity index (χ3v) is 5.15. The quantitative estimate of drug-likeness (QED) is 0.449.